The van der Waals surface area contributed by atoms with Gasteiger partial charge in [0.05, 0.1) is 12.1 Å². The quantitative estimate of drug-likeness (QED) is 0.607. The van der Waals surface area contributed by atoms with Crippen molar-refractivity contribution in [2.45, 2.75) is 46.5 Å². The molecule has 0 N–H and O–H groups in total. The summed E-state index contributed by atoms with van der Waals surface area (Å²) in [5.41, 5.74) is -0.0259. The fraction of sp³-hybridized carbons (Fsp3) is 0.478. The number of amides is 2. The van der Waals surface area contributed by atoms with Crippen molar-refractivity contribution in [2.24, 2.45) is 13.0 Å². The fourth-order valence-corrected chi connectivity index (χ4v) is 3.28. The molecule has 2 aromatic rings. The number of benzene rings is 1. The Morgan fingerprint density at radius 3 is 2.26 bits per heavy atom. The van der Waals surface area contributed by atoms with E-state index in [0.29, 0.717) is 13.1 Å². The molecule has 0 saturated heterocycles. The lowest BCUT2D eigenvalue weighted by Crippen LogP contribution is -2.46. The van der Waals surface area contributed by atoms with Gasteiger partial charge in [-0.05, 0) is 50.1 Å². The summed E-state index contributed by atoms with van der Waals surface area (Å²) in [7, 11) is 1.89. The van der Waals surface area contributed by atoms with E-state index in [1.165, 1.54) is 17.0 Å². The molecule has 170 valence electrons. The van der Waals surface area contributed by atoms with Gasteiger partial charge in [0, 0.05) is 37.1 Å². The van der Waals surface area contributed by atoms with Gasteiger partial charge in [-0.1, -0.05) is 19.9 Å². The molecule has 0 aliphatic rings. The van der Waals surface area contributed by atoms with Crippen molar-refractivity contribution in [2.75, 3.05) is 13.1 Å². The van der Waals surface area contributed by atoms with Crippen LogP contribution in [0.5, 0.6) is 0 Å². The van der Waals surface area contributed by atoms with E-state index in [4.69, 9.17) is 0 Å². The fourth-order valence-electron chi connectivity index (χ4n) is 3.28. The largest absolute Gasteiger partial charge is 0.416 e. The molecule has 0 unspecified atom stereocenters. The SMILES string of the molecule is CC(C)CN(Cc1cccn1C)C(=O)CN(C(=O)c1cccc(C(F)(F)F)c1)C(C)C. The van der Waals surface area contributed by atoms with E-state index < -0.39 is 17.6 Å². The minimum atomic E-state index is -4.54. The van der Waals surface area contributed by atoms with Crippen LogP contribution in [0.3, 0.4) is 0 Å². The highest BCUT2D eigenvalue weighted by molar-refractivity contribution is 5.96. The molecular formula is C23H30F3N3O2. The number of hydrogen-bond donors (Lipinski definition) is 0. The molecule has 0 aliphatic heterocycles. The van der Waals surface area contributed by atoms with Crippen molar-refractivity contribution in [1.29, 1.82) is 0 Å². The molecule has 31 heavy (non-hydrogen) atoms. The molecule has 1 heterocycles. The third-order valence-electron chi connectivity index (χ3n) is 4.97. The van der Waals surface area contributed by atoms with Gasteiger partial charge in [0.25, 0.3) is 5.91 Å². The Labute approximate surface area is 181 Å². The van der Waals surface area contributed by atoms with Crippen molar-refractivity contribution < 1.29 is 22.8 Å². The topological polar surface area (TPSA) is 45.6 Å². The molecule has 8 heteroatoms. The van der Waals surface area contributed by atoms with E-state index in [1.807, 2.05) is 43.8 Å². The zero-order valence-corrected chi connectivity index (χ0v) is 18.6. The standard InChI is InChI=1S/C23H30F3N3O2/c1-16(2)13-28(14-20-10-7-11-27(20)5)21(30)15-29(17(3)4)22(31)18-8-6-9-19(12-18)23(24,25)26/h6-12,16-17H,13-15H2,1-5H3. The monoisotopic (exact) mass is 437 g/mol. The minimum absolute atomic E-state index is 0.0887. The minimum Gasteiger partial charge on any atom is -0.353 e. The van der Waals surface area contributed by atoms with Crippen LogP contribution in [0.2, 0.25) is 0 Å². The highest BCUT2D eigenvalue weighted by Gasteiger charge is 2.32. The van der Waals surface area contributed by atoms with Crippen LogP contribution >= 0.6 is 0 Å². The van der Waals surface area contributed by atoms with Crippen LogP contribution in [0.15, 0.2) is 42.6 Å². The molecule has 0 fully saturated rings. The Kier molecular flexibility index (Phi) is 7.92. The van der Waals surface area contributed by atoms with E-state index >= 15 is 0 Å². The van der Waals surface area contributed by atoms with E-state index in [-0.39, 0.29) is 30.0 Å². The van der Waals surface area contributed by atoms with Crippen LogP contribution in [0.25, 0.3) is 0 Å². The average Bonchev–Trinajstić information content (AvgIpc) is 3.08. The maximum Gasteiger partial charge on any atom is 0.416 e. The molecule has 1 aromatic carbocycles. The van der Waals surface area contributed by atoms with Gasteiger partial charge in [-0.2, -0.15) is 13.2 Å². The van der Waals surface area contributed by atoms with Gasteiger partial charge < -0.3 is 14.4 Å². The first-order valence-electron chi connectivity index (χ1n) is 10.3. The van der Waals surface area contributed by atoms with Gasteiger partial charge in [-0.15, -0.1) is 0 Å². The van der Waals surface area contributed by atoms with Crippen LogP contribution in [-0.2, 0) is 24.6 Å². The van der Waals surface area contributed by atoms with Crippen molar-refractivity contribution in [3.8, 4) is 0 Å². The van der Waals surface area contributed by atoms with E-state index in [2.05, 4.69) is 0 Å². The number of aromatic nitrogens is 1. The summed E-state index contributed by atoms with van der Waals surface area (Å²) in [6.07, 6.45) is -2.65. The molecule has 0 radical (unpaired) electrons. The van der Waals surface area contributed by atoms with Gasteiger partial charge in [0.15, 0.2) is 0 Å². The summed E-state index contributed by atoms with van der Waals surface area (Å²) < 4.78 is 41.1. The summed E-state index contributed by atoms with van der Waals surface area (Å²) in [6, 6.07) is 7.76. The normalized spacial score (nSPS) is 11.8. The summed E-state index contributed by atoms with van der Waals surface area (Å²) in [5, 5.41) is 0. The van der Waals surface area contributed by atoms with E-state index in [1.54, 1.807) is 18.7 Å². The van der Waals surface area contributed by atoms with Crippen molar-refractivity contribution in [3.63, 3.8) is 0 Å². The third-order valence-corrected chi connectivity index (χ3v) is 4.97. The zero-order valence-electron chi connectivity index (χ0n) is 18.6. The first-order chi connectivity index (χ1) is 14.4. The van der Waals surface area contributed by atoms with Crippen molar-refractivity contribution in [1.82, 2.24) is 14.4 Å². The second-order valence-corrected chi connectivity index (χ2v) is 8.38. The first-order valence-corrected chi connectivity index (χ1v) is 10.3. The Bertz CT molecular complexity index is 903. The van der Waals surface area contributed by atoms with E-state index in [0.717, 1.165) is 17.8 Å². The number of aryl methyl sites for hydroxylation is 1. The molecule has 2 amide bonds. The van der Waals surface area contributed by atoms with Crippen LogP contribution in [0, 0.1) is 5.92 Å². The van der Waals surface area contributed by atoms with Gasteiger partial charge in [0.2, 0.25) is 5.91 Å². The van der Waals surface area contributed by atoms with Gasteiger partial charge in [-0.3, -0.25) is 9.59 Å². The summed E-state index contributed by atoms with van der Waals surface area (Å²) in [5.74, 6) is -0.627. The lowest BCUT2D eigenvalue weighted by molar-refractivity contribution is -0.137. The highest BCUT2D eigenvalue weighted by Crippen LogP contribution is 2.30. The van der Waals surface area contributed by atoms with Crippen LogP contribution < -0.4 is 0 Å². The molecule has 0 atom stereocenters. The molecule has 0 spiro atoms. The van der Waals surface area contributed by atoms with Crippen LogP contribution in [-0.4, -0.2) is 45.3 Å². The number of rotatable bonds is 8. The summed E-state index contributed by atoms with van der Waals surface area (Å²) in [6.45, 7) is 8.17. The molecule has 0 bridgehead atoms. The second kappa shape index (κ2) is 10.0. The highest BCUT2D eigenvalue weighted by atomic mass is 19.4. The predicted molar refractivity (Wildman–Crippen MR) is 113 cm³/mol. The smallest absolute Gasteiger partial charge is 0.353 e. The molecule has 0 saturated carbocycles. The predicted octanol–water partition coefficient (Wildman–Crippen LogP) is 4.58. The van der Waals surface area contributed by atoms with Crippen LogP contribution in [0.1, 0.15) is 49.3 Å². The number of alkyl halides is 3. The van der Waals surface area contributed by atoms with Crippen molar-refractivity contribution >= 4 is 11.8 Å². The summed E-state index contributed by atoms with van der Waals surface area (Å²) >= 11 is 0. The number of carbonyl (C=O) groups excluding carboxylic acids is 2. The molecule has 5 nitrogen and oxygen atoms in total. The molecular weight excluding hydrogens is 407 g/mol. The average molecular weight is 438 g/mol. The third kappa shape index (κ3) is 6.60. The zero-order chi connectivity index (χ0) is 23.3. The van der Waals surface area contributed by atoms with E-state index in [9.17, 15) is 22.8 Å². The Balaban J connectivity index is 2.24. The molecule has 1 aromatic heterocycles. The lowest BCUT2D eigenvalue weighted by Gasteiger charge is -2.31. The number of nitrogens with zero attached hydrogens (tertiary/aromatic N) is 3. The maximum absolute atomic E-state index is 13.1. The Morgan fingerprint density at radius 1 is 1.06 bits per heavy atom. The Morgan fingerprint density at radius 2 is 1.74 bits per heavy atom. The number of carbonyl (C=O) groups is 2. The second-order valence-electron chi connectivity index (χ2n) is 8.38. The number of halogens is 3. The molecule has 2 rings (SSSR count). The molecule has 0 aliphatic carbocycles. The Hall–Kier alpha value is -2.77. The lowest BCUT2D eigenvalue weighted by atomic mass is 10.1. The first kappa shape index (κ1) is 24.5. The van der Waals surface area contributed by atoms with Gasteiger partial charge in [-0.25, -0.2) is 0 Å². The van der Waals surface area contributed by atoms with Crippen LogP contribution in [0.4, 0.5) is 13.2 Å². The van der Waals surface area contributed by atoms with Crippen molar-refractivity contribution in [3.05, 3.63) is 59.4 Å². The summed E-state index contributed by atoms with van der Waals surface area (Å²) in [4.78, 5) is 29.1. The van der Waals surface area contributed by atoms with Gasteiger partial charge >= 0.3 is 6.18 Å². The number of hydrogen-bond acceptors (Lipinski definition) is 2. The maximum atomic E-state index is 13.1. The van der Waals surface area contributed by atoms with Gasteiger partial charge in [0.1, 0.15) is 6.54 Å².